The van der Waals surface area contributed by atoms with Gasteiger partial charge in [0.2, 0.25) is 5.92 Å². The number of ketones is 1. The molecule has 0 spiro atoms. The van der Waals surface area contributed by atoms with Crippen LogP contribution in [0.4, 0.5) is 0 Å². The van der Waals surface area contributed by atoms with Gasteiger partial charge in [-0.25, -0.2) is 0 Å². The molecular weight excluding hydrogens is 236 g/mol. The van der Waals surface area contributed by atoms with E-state index in [1.54, 1.807) is 0 Å². The molecule has 0 unspecified atom stereocenters. The molecule has 100 valence electrons. The van der Waals surface area contributed by atoms with Gasteiger partial charge in [0.05, 0.1) is 0 Å². The van der Waals surface area contributed by atoms with Crippen molar-refractivity contribution in [3.63, 3.8) is 0 Å². The lowest BCUT2D eigenvalue weighted by Crippen LogP contribution is -2.50. The summed E-state index contributed by atoms with van der Waals surface area (Å²) in [6.45, 7) is 2.95. The van der Waals surface area contributed by atoms with Crippen molar-refractivity contribution in [2.45, 2.75) is 51.7 Å². The molecule has 0 atom stereocenters. The molecule has 18 heavy (non-hydrogen) atoms. The van der Waals surface area contributed by atoms with Gasteiger partial charge in [0.25, 0.3) is 5.79 Å². The maximum absolute atomic E-state index is 12.2. The number of rotatable bonds is 2. The van der Waals surface area contributed by atoms with E-state index >= 15 is 0 Å². The van der Waals surface area contributed by atoms with Gasteiger partial charge in [-0.05, 0) is 12.8 Å². The van der Waals surface area contributed by atoms with Gasteiger partial charge in [-0.1, -0.05) is 19.3 Å². The zero-order valence-electron chi connectivity index (χ0n) is 10.7. The van der Waals surface area contributed by atoms with Crippen molar-refractivity contribution in [1.82, 2.24) is 0 Å². The molecule has 1 heterocycles. The summed E-state index contributed by atoms with van der Waals surface area (Å²) in [5.74, 6) is -4.72. The Morgan fingerprint density at radius 3 is 2.06 bits per heavy atom. The fourth-order valence-electron chi connectivity index (χ4n) is 2.57. The van der Waals surface area contributed by atoms with E-state index in [1.165, 1.54) is 13.8 Å². The molecule has 2 fully saturated rings. The average molecular weight is 254 g/mol. The van der Waals surface area contributed by atoms with E-state index in [9.17, 15) is 14.4 Å². The van der Waals surface area contributed by atoms with Crippen molar-refractivity contribution < 1.29 is 23.9 Å². The smallest absolute Gasteiger partial charge is 0.331 e. The molecule has 0 aromatic rings. The minimum atomic E-state index is -1.37. The van der Waals surface area contributed by atoms with Gasteiger partial charge < -0.3 is 9.47 Å². The molecule has 1 saturated carbocycles. The molecule has 1 aliphatic heterocycles. The predicted octanol–water partition coefficient (Wildman–Crippen LogP) is 1.59. The largest absolute Gasteiger partial charge is 0.422 e. The van der Waals surface area contributed by atoms with Crippen LogP contribution in [0.25, 0.3) is 0 Å². The van der Waals surface area contributed by atoms with Crippen LogP contribution < -0.4 is 0 Å². The highest BCUT2D eigenvalue weighted by Gasteiger charge is 2.48. The van der Waals surface area contributed by atoms with Crippen LogP contribution in [0, 0.1) is 11.8 Å². The van der Waals surface area contributed by atoms with Crippen molar-refractivity contribution in [2.24, 2.45) is 11.8 Å². The molecule has 5 nitrogen and oxygen atoms in total. The topological polar surface area (TPSA) is 69.7 Å². The molecule has 5 heteroatoms. The Hall–Kier alpha value is -1.39. The van der Waals surface area contributed by atoms with Crippen molar-refractivity contribution in [3.8, 4) is 0 Å². The molecule has 2 aliphatic rings. The summed E-state index contributed by atoms with van der Waals surface area (Å²) in [6, 6.07) is 0. The summed E-state index contributed by atoms with van der Waals surface area (Å²) in [5.41, 5.74) is 0. The van der Waals surface area contributed by atoms with E-state index in [1.807, 2.05) is 0 Å². The van der Waals surface area contributed by atoms with Crippen LogP contribution in [-0.2, 0) is 23.9 Å². The summed E-state index contributed by atoms with van der Waals surface area (Å²) < 4.78 is 9.93. The first kappa shape index (κ1) is 13.1. The van der Waals surface area contributed by atoms with E-state index in [0.29, 0.717) is 0 Å². The summed E-state index contributed by atoms with van der Waals surface area (Å²) in [7, 11) is 0. The van der Waals surface area contributed by atoms with Crippen LogP contribution in [0.2, 0.25) is 0 Å². The van der Waals surface area contributed by atoms with E-state index < -0.39 is 23.6 Å². The fourth-order valence-corrected chi connectivity index (χ4v) is 2.57. The third kappa shape index (κ3) is 2.54. The summed E-state index contributed by atoms with van der Waals surface area (Å²) in [5, 5.41) is 0. The number of carbonyl (C=O) groups is 3. The number of Topliss-reactive ketones (excluding diaryl/α,β-unsaturated/α-hetero) is 1. The second-order valence-electron chi connectivity index (χ2n) is 5.41. The molecule has 0 radical (unpaired) electrons. The number of hydrogen-bond acceptors (Lipinski definition) is 5. The van der Waals surface area contributed by atoms with Crippen LogP contribution in [0.15, 0.2) is 0 Å². The maximum Gasteiger partial charge on any atom is 0.331 e. The number of cyclic esters (lactones) is 2. The van der Waals surface area contributed by atoms with Crippen LogP contribution in [0.5, 0.6) is 0 Å². The van der Waals surface area contributed by atoms with E-state index in [0.717, 1.165) is 32.1 Å². The van der Waals surface area contributed by atoms with Gasteiger partial charge in [-0.2, -0.15) is 0 Å². The Balaban J connectivity index is 2.10. The van der Waals surface area contributed by atoms with Crippen molar-refractivity contribution >= 4 is 17.7 Å². The maximum atomic E-state index is 12.2. The van der Waals surface area contributed by atoms with Crippen LogP contribution in [0.3, 0.4) is 0 Å². The molecule has 1 saturated heterocycles. The Morgan fingerprint density at radius 2 is 1.56 bits per heavy atom. The Morgan fingerprint density at radius 1 is 1.06 bits per heavy atom. The highest BCUT2D eigenvalue weighted by Crippen LogP contribution is 2.31. The lowest BCUT2D eigenvalue weighted by molar-refractivity contribution is -0.238. The highest BCUT2D eigenvalue weighted by atomic mass is 16.7. The summed E-state index contributed by atoms with van der Waals surface area (Å²) in [6.07, 6.45) is 4.55. The standard InChI is InChI=1S/C13H18O5/c1-13(2)17-11(15)9(12(16)18-13)10(14)8-6-4-3-5-7-8/h8-9H,3-7H2,1-2H3. The minimum Gasteiger partial charge on any atom is -0.422 e. The molecule has 0 aromatic heterocycles. The third-order valence-electron chi connectivity index (χ3n) is 3.46. The van der Waals surface area contributed by atoms with Gasteiger partial charge in [0, 0.05) is 19.8 Å². The monoisotopic (exact) mass is 254 g/mol. The number of hydrogen-bond donors (Lipinski definition) is 0. The first-order chi connectivity index (χ1) is 8.41. The first-order valence-corrected chi connectivity index (χ1v) is 6.40. The van der Waals surface area contributed by atoms with Gasteiger partial charge in [-0.15, -0.1) is 0 Å². The second-order valence-corrected chi connectivity index (χ2v) is 5.41. The van der Waals surface area contributed by atoms with Crippen molar-refractivity contribution in [1.29, 1.82) is 0 Å². The first-order valence-electron chi connectivity index (χ1n) is 6.40. The summed E-state index contributed by atoms with van der Waals surface area (Å²) in [4.78, 5) is 35.7. The molecule has 0 bridgehead atoms. The van der Waals surface area contributed by atoms with Crippen LogP contribution in [0.1, 0.15) is 46.0 Å². The number of esters is 2. The van der Waals surface area contributed by atoms with E-state index in [-0.39, 0.29) is 11.7 Å². The van der Waals surface area contributed by atoms with E-state index in [4.69, 9.17) is 9.47 Å². The zero-order chi connectivity index (χ0) is 13.3. The highest BCUT2D eigenvalue weighted by molar-refractivity contribution is 6.16. The molecule has 2 rings (SSSR count). The van der Waals surface area contributed by atoms with Gasteiger partial charge >= 0.3 is 11.9 Å². The molecule has 0 aromatic carbocycles. The Kier molecular flexibility index (Phi) is 3.41. The molecule has 0 N–H and O–H groups in total. The van der Waals surface area contributed by atoms with E-state index in [2.05, 4.69) is 0 Å². The Labute approximate surface area is 106 Å². The Bertz CT molecular complexity index is 359. The zero-order valence-corrected chi connectivity index (χ0v) is 10.7. The van der Waals surface area contributed by atoms with Crippen LogP contribution >= 0.6 is 0 Å². The lowest BCUT2D eigenvalue weighted by atomic mass is 9.81. The quantitative estimate of drug-likeness (QED) is 0.553. The minimum absolute atomic E-state index is 0.204. The SMILES string of the molecule is CC1(C)OC(=O)C(C(=O)C2CCCCC2)C(=O)O1. The number of carbonyl (C=O) groups excluding carboxylic acids is 3. The summed E-state index contributed by atoms with van der Waals surface area (Å²) >= 11 is 0. The van der Waals surface area contributed by atoms with Crippen molar-refractivity contribution in [2.75, 3.05) is 0 Å². The number of ether oxygens (including phenoxy) is 2. The van der Waals surface area contributed by atoms with Gasteiger partial charge in [0.1, 0.15) is 0 Å². The lowest BCUT2D eigenvalue weighted by Gasteiger charge is -2.33. The molecule has 1 aliphatic carbocycles. The average Bonchev–Trinajstić information content (AvgIpc) is 2.27. The van der Waals surface area contributed by atoms with Gasteiger partial charge in [0.15, 0.2) is 5.78 Å². The van der Waals surface area contributed by atoms with Crippen molar-refractivity contribution in [3.05, 3.63) is 0 Å². The second kappa shape index (κ2) is 4.71. The third-order valence-corrected chi connectivity index (χ3v) is 3.46. The molecular formula is C13H18O5. The normalized spacial score (nSPS) is 25.4. The van der Waals surface area contributed by atoms with Crippen LogP contribution in [-0.4, -0.2) is 23.5 Å². The van der Waals surface area contributed by atoms with Gasteiger partial charge in [-0.3, -0.25) is 14.4 Å². The molecule has 0 amide bonds. The predicted molar refractivity (Wildman–Crippen MR) is 61.3 cm³/mol. The fraction of sp³-hybridized carbons (Fsp3) is 0.769.